The van der Waals surface area contributed by atoms with Gasteiger partial charge in [0.05, 0.1) is 11.6 Å². The number of rotatable bonds is 3. The first kappa shape index (κ1) is 13.0. The number of carboxylic acid groups (broad SMARTS) is 1. The van der Waals surface area contributed by atoms with Gasteiger partial charge in [0.25, 0.3) is 0 Å². The standard InChI is InChI=1S/C12H13BrN2O3/c13-10-9(2-1-5-14-10)15-11(16)7-3-4-8(6-7)12(17)18/h1-2,5,7-8H,3-4,6H2,(H,15,16)(H,17,18). The molecule has 1 heterocycles. The van der Waals surface area contributed by atoms with Crippen molar-refractivity contribution in [1.82, 2.24) is 4.98 Å². The molecule has 1 aromatic rings. The predicted molar refractivity (Wildman–Crippen MR) is 69.0 cm³/mol. The minimum atomic E-state index is -0.812. The molecule has 1 fully saturated rings. The van der Waals surface area contributed by atoms with Gasteiger partial charge >= 0.3 is 5.97 Å². The molecule has 1 saturated carbocycles. The first-order valence-corrected chi connectivity index (χ1v) is 6.51. The second-order valence-corrected chi connectivity index (χ2v) is 5.13. The molecule has 0 saturated heterocycles. The molecule has 96 valence electrons. The van der Waals surface area contributed by atoms with Crippen LogP contribution in [0.1, 0.15) is 19.3 Å². The van der Waals surface area contributed by atoms with E-state index in [1.165, 1.54) is 0 Å². The number of aliphatic carboxylic acids is 1. The molecule has 0 aromatic carbocycles. The summed E-state index contributed by atoms with van der Waals surface area (Å²) < 4.78 is 0.575. The number of nitrogens with zero attached hydrogens (tertiary/aromatic N) is 1. The smallest absolute Gasteiger partial charge is 0.306 e. The van der Waals surface area contributed by atoms with Crippen LogP contribution in [0.25, 0.3) is 0 Å². The van der Waals surface area contributed by atoms with Crippen LogP contribution in [0.5, 0.6) is 0 Å². The highest BCUT2D eigenvalue weighted by Crippen LogP contribution is 2.32. The summed E-state index contributed by atoms with van der Waals surface area (Å²) in [5.74, 6) is -1.56. The average Bonchev–Trinajstić information content (AvgIpc) is 2.81. The molecule has 2 atom stereocenters. The van der Waals surface area contributed by atoms with E-state index in [-0.39, 0.29) is 11.8 Å². The molecule has 6 heteroatoms. The molecule has 18 heavy (non-hydrogen) atoms. The maximum absolute atomic E-state index is 12.0. The zero-order valence-electron chi connectivity index (χ0n) is 9.60. The molecule has 2 N–H and O–H groups in total. The summed E-state index contributed by atoms with van der Waals surface area (Å²) in [5.41, 5.74) is 0.612. The van der Waals surface area contributed by atoms with E-state index >= 15 is 0 Å². The number of amides is 1. The number of anilines is 1. The number of halogens is 1. The van der Waals surface area contributed by atoms with Gasteiger partial charge in [0.15, 0.2) is 0 Å². The van der Waals surface area contributed by atoms with Crippen molar-refractivity contribution < 1.29 is 14.7 Å². The number of carboxylic acids is 1. The Labute approximate surface area is 113 Å². The third-order valence-corrected chi connectivity index (χ3v) is 3.80. The summed E-state index contributed by atoms with van der Waals surface area (Å²) in [6.45, 7) is 0. The summed E-state index contributed by atoms with van der Waals surface area (Å²) >= 11 is 3.25. The van der Waals surface area contributed by atoms with Gasteiger partial charge in [-0.3, -0.25) is 9.59 Å². The molecule has 0 radical (unpaired) electrons. The first-order chi connectivity index (χ1) is 8.58. The van der Waals surface area contributed by atoms with Crippen LogP contribution in [0.2, 0.25) is 0 Å². The Morgan fingerprint density at radius 1 is 1.39 bits per heavy atom. The monoisotopic (exact) mass is 312 g/mol. The van der Waals surface area contributed by atoms with Gasteiger partial charge in [0, 0.05) is 12.1 Å². The molecule has 0 bridgehead atoms. The van der Waals surface area contributed by atoms with Crippen molar-refractivity contribution in [1.29, 1.82) is 0 Å². The third-order valence-electron chi connectivity index (χ3n) is 3.17. The normalized spacial score (nSPS) is 22.7. The fourth-order valence-corrected chi connectivity index (χ4v) is 2.51. The minimum Gasteiger partial charge on any atom is -0.481 e. The highest BCUT2D eigenvalue weighted by Gasteiger charge is 2.33. The van der Waals surface area contributed by atoms with E-state index in [9.17, 15) is 9.59 Å². The Morgan fingerprint density at radius 2 is 2.11 bits per heavy atom. The molecular weight excluding hydrogens is 300 g/mol. The van der Waals surface area contributed by atoms with Crippen LogP contribution >= 0.6 is 15.9 Å². The fraction of sp³-hybridized carbons (Fsp3) is 0.417. The van der Waals surface area contributed by atoms with E-state index in [4.69, 9.17) is 5.11 Å². The van der Waals surface area contributed by atoms with E-state index in [0.717, 1.165) is 0 Å². The Balaban J connectivity index is 1.98. The Morgan fingerprint density at radius 3 is 2.72 bits per heavy atom. The lowest BCUT2D eigenvalue weighted by Crippen LogP contribution is -2.22. The van der Waals surface area contributed by atoms with Crippen LogP contribution in [0.3, 0.4) is 0 Å². The number of aromatic nitrogens is 1. The largest absolute Gasteiger partial charge is 0.481 e. The van der Waals surface area contributed by atoms with Crippen molar-refractivity contribution in [2.45, 2.75) is 19.3 Å². The van der Waals surface area contributed by atoms with Gasteiger partial charge in [-0.2, -0.15) is 0 Å². The molecule has 0 aliphatic heterocycles. The summed E-state index contributed by atoms with van der Waals surface area (Å²) in [6.07, 6.45) is 3.23. The Bertz CT molecular complexity index is 478. The summed E-state index contributed by atoms with van der Waals surface area (Å²) in [4.78, 5) is 26.8. The van der Waals surface area contributed by atoms with Crippen molar-refractivity contribution in [2.75, 3.05) is 5.32 Å². The third kappa shape index (κ3) is 2.87. The number of carbonyl (C=O) groups is 2. The van der Waals surface area contributed by atoms with Crippen molar-refractivity contribution in [2.24, 2.45) is 11.8 Å². The zero-order valence-corrected chi connectivity index (χ0v) is 11.2. The van der Waals surface area contributed by atoms with Crippen LogP contribution in [-0.2, 0) is 9.59 Å². The first-order valence-electron chi connectivity index (χ1n) is 5.72. The second kappa shape index (κ2) is 5.48. The SMILES string of the molecule is O=C(O)C1CCC(C(=O)Nc2cccnc2Br)C1. The van der Waals surface area contributed by atoms with Gasteiger partial charge < -0.3 is 10.4 Å². The van der Waals surface area contributed by atoms with Gasteiger partial charge in [-0.15, -0.1) is 0 Å². The topological polar surface area (TPSA) is 79.3 Å². The lowest BCUT2D eigenvalue weighted by molar-refractivity contribution is -0.141. The summed E-state index contributed by atoms with van der Waals surface area (Å²) in [6, 6.07) is 3.48. The van der Waals surface area contributed by atoms with E-state index in [2.05, 4.69) is 26.2 Å². The van der Waals surface area contributed by atoms with Gasteiger partial charge in [0.2, 0.25) is 5.91 Å². The predicted octanol–water partition coefficient (Wildman–Crippen LogP) is 2.28. The zero-order chi connectivity index (χ0) is 13.1. The minimum absolute atomic E-state index is 0.132. The molecule has 1 aliphatic carbocycles. The number of carbonyl (C=O) groups excluding carboxylic acids is 1. The molecule has 1 amide bonds. The summed E-state index contributed by atoms with van der Waals surface area (Å²) in [7, 11) is 0. The molecule has 2 rings (SSSR count). The van der Waals surface area contributed by atoms with Crippen molar-refractivity contribution in [3.05, 3.63) is 22.9 Å². The van der Waals surface area contributed by atoms with Crippen LogP contribution in [0, 0.1) is 11.8 Å². The maximum Gasteiger partial charge on any atom is 0.306 e. The van der Waals surface area contributed by atoms with Gasteiger partial charge in [-0.05, 0) is 47.3 Å². The van der Waals surface area contributed by atoms with Crippen molar-refractivity contribution in [3.8, 4) is 0 Å². The molecule has 5 nitrogen and oxygen atoms in total. The molecule has 1 aromatic heterocycles. The van der Waals surface area contributed by atoms with Crippen LogP contribution < -0.4 is 5.32 Å². The van der Waals surface area contributed by atoms with E-state index in [1.807, 2.05) is 0 Å². The molecule has 0 spiro atoms. The van der Waals surface area contributed by atoms with Crippen LogP contribution in [0.15, 0.2) is 22.9 Å². The van der Waals surface area contributed by atoms with Crippen molar-refractivity contribution >= 4 is 33.5 Å². The van der Waals surface area contributed by atoms with Gasteiger partial charge in [-0.1, -0.05) is 0 Å². The lowest BCUT2D eigenvalue weighted by Gasteiger charge is -2.11. The number of hydrogen-bond donors (Lipinski definition) is 2. The van der Waals surface area contributed by atoms with Crippen molar-refractivity contribution in [3.63, 3.8) is 0 Å². The molecule has 1 aliphatic rings. The fourth-order valence-electron chi connectivity index (χ4n) is 2.16. The van der Waals surface area contributed by atoms with Gasteiger partial charge in [-0.25, -0.2) is 4.98 Å². The molecular formula is C12H13BrN2O3. The Kier molecular flexibility index (Phi) is 3.96. The quantitative estimate of drug-likeness (QED) is 0.839. The molecule has 2 unspecified atom stereocenters. The Hall–Kier alpha value is -1.43. The summed E-state index contributed by atoms with van der Waals surface area (Å²) in [5, 5.41) is 11.7. The lowest BCUT2D eigenvalue weighted by atomic mass is 10.0. The van der Waals surface area contributed by atoms with E-state index < -0.39 is 11.9 Å². The van der Waals surface area contributed by atoms with E-state index in [1.54, 1.807) is 18.3 Å². The number of nitrogens with one attached hydrogen (secondary N) is 1. The number of hydrogen-bond acceptors (Lipinski definition) is 3. The second-order valence-electron chi connectivity index (χ2n) is 4.38. The number of pyridine rings is 1. The average molecular weight is 313 g/mol. The van der Waals surface area contributed by atoms with Crippen LogP contribution in [0.4, 0.5) is 5.69 Å². The van der Waals surface area contributed by atoms with Gasteiger partial charge in [0.1, 0.15) is 4.60 Å². The van der Waals surface area contributed by atoms with E-state index in [0.29, 0.717) is 29.6 Å². The highest BCUT2D eigenvalue weighted by atomic mass is 79.9. The van der Waals surface area contributed by atoms with Crippen LogP contribution in [-0.4, -0.2) is 22.0 Å². The highest BCUT2D eigenvalue weighted by molar-refractivity contribution is 9.10. The maximum atomic E-state index is 12.0.